The summed E-state index contributed by atoms with van der Waals surface area (Å²) < 4.78 is 2.48. The van der Waals surface area contributed by atoms with Gasteiger partial charge in [0.05, 0.1) is 0 Å². The molecular weight excluding hydrogens is 306 g/mol. The topological polar surface area (TPSA) is 49.8 Å². The summed E-state index contributed by atoms with van der Waals surface area (Å²) in [4.78, 5) is 15.2. The van der Waals surface area contributed by atoms with Crippen LogP contribution in [0.3, 0.4) is 0 Å². The molecule has 5 heteroatoms. The van der Waals surface area contributed by atoms with E-state index >= 15 is 0 Å². The van der Waals surface area contributed by atoms with Crippen LogP contribution in [0.1, 0.15) is 21.5 Å². The van der Waals surface area contributed by atoms with E-state index in [1.165, 1.54) is 5.56 Å². The van der Waals surface area contributed by atoms with Crippen molar-refractivity contribution in [3.8, 4) is 5.69 Å². The molecule has 2 N–H and O–H groups in total. The fourth-order valence-electron chi connectivity index (χ4n) is 2.29. The van der Waals surface area contributed by atoms with Gasteiger partial charge in [0.1, 0.15) is 0 Å². The van der Waals surface area contributed by atoms with E-state index in [0.29, 0.717) is 16.9 Å². The molecular formula is C18H17N3OS. The summed E-state index contributed by atoms with van der Waals surface area (Å²) in [6.07, 6.45) is 3.64. The van der Waals surface area contributed by atoms with Crippen molar-refractivity contribution in [3.63, 3.8) is 0 Å². The molecule has 0 aliphatic heterocycles. The van der Waals surface area contributed by atoms with Crippen molar-refractivity contribution >= 4 is 18.1 Å². The first kappa shape index (κ1) is 15.2. The number of benzene rings is 2. The molecule has 1 amide bonds. The molecule has 0 aliphatic rings. The Bertz CT molecular complexity index is 860. The summed E-state index contributed by atoms with van der Waals surface area (Å²) in [6.45, 7) is 2.56. The van der Waals surface area contributed by atoms with Crippen molar-refractivity contribution in [1.29, 1.82) is 0 Å². The zero-order valence-corrected chi connectivity index (χ0v) is 13.6. The molecule has 1 aromatic heterocycles. The van der Waals surface area contributed by atoms with Crippen LogP contribution in [-0.4, -0.2) is 15.5 Å². The Hall–Kier alpha value is -2.66. The van der Waals surface area contributed by atoms with Gasteiger partial charge in [-0.1, -0.05) is 29.8 Å². The van der Waals surface area contributed by atoms with Gasteiger partial charge in [0, 0.05) is 30.2 Å². The third kappa shape index (κ3) is 3.57. The van der Waals surface area contributed by atoms with E-state index in [-0.39, 0.29) is 5.91 Å². The van der Waals surface area contributed by atoms with Gasteiger partial charge in [0.25, 0.3) is 5.91 Å². The average Bonchev–Trinajstić information content (AvgIpc) is 3.00. The van der Waals surface area contributed by atoms with Gasteiger partial charge >= 0.3 is 0 Å². The molecule has 23 heavy (non-hydrogen) atoms. The van der Waals surface area contributed by atoms with Gasteiger partial charge in [-0.2, -0.15) is 0 Å². The molecule has 0 bridgehead atoms. The number of hydrogen-bond acceptors (Lipinski definition) is 2. The van der Waals surface area contributed by atoms with Crippen molar-refractivity contribution in [3.05, 3.63) is 82.4 Å². The third-order valence-electron chi connectivity index (χ3n) is 3.63. The largest absolute Gasteiger partial charge is 0.348 e. The van der Waals surface area contributed by atoms with E-state index in [2.05, 4.69) is 10.3 Å². The fraction of sp³-hybridized carbons (Fsp3) is 0.111. The van der Waals surface area contributed by atoms with Crippen LogP contribution in [0, 0.1) is 11.7 Å². The van der Waals surface area contributed by atoms with Gasteiger partial charge in [0.15, 0.2) is 4.77 Å². The van der Waals surface area contributed by atoms with Gasteiger partial charge in [-0.15, -0.1) is 0 Å². The maximum atomic E-state index is 12.2. The SMILES string of the molecule is Cc1ccc(CNC(=O)c2ccc(-n3cc[nH]c3=S)cc2)cc1. The van der Waals surface area contributed by atoms with Crippen molar-refractivity contribution in [1.82, 2.24) is 14.9 Å². The number of aromatic amines is 1. The number of amides is 1. The van der Waals surface area contributed by atoms with Gasteiger partial charge < -0.3 is 10.3 Å². The smallest absolute Gasteiger partial charge is 0.251 e. The highest BCUT2D eigenvalue weighted by molar-refractivity contribution is 7.71. The first-order valence-electron chi connectivity index (χ1n) is 7.34. The van der Waals surface area contributed by atoms with Crippen LogP contribution in [0.4, 0.5) is 0 Å². The number of hydrogen-bond donors (Lipinski definition) is 2. The number of rotatable bonds is 4. The normalized spacial score (nSPS) is 10.5. The van der Waals surface area contributed by atoms with Gasteiger partial charge in [0.2, 0.25) is 0 Å². The number of H-pyrrole nitrogens is 1. The molecule has 3 aromatic rings. The van der Waals surface area contributed by atoms with E-state index in [1.54, 1.807) is 18.3 Å². The molecule has 0 aliphatic carbocycles. The minimum absolute atomic E-state index is 0.0882. The lowest BCUT2D eigenvalue weighted by atomic mass is 10.1. The predicted octanol–water partition coefficient (Wildman–Crippen LogP) is 3.77. The number of carbonyl (C=O) groups excluding carboxylic acids is 1. The first-order valence-corrected chi connectivity index (χ1v) is 7.74. The number of nitrogens with zero attached hydrogens (tertiary/aromatic N) is 1. The lowest BCUT2D eigenvalue weighted by molar-refractivity contribution is 0.0951. The Morgan fingerprint density at radius 3 is 2.43 bits per heavy atom. The molecule has 3 rings (SSSR count). The van der Waals surface area contributed by atoms with Crippen LogP contribution >= 0.6 is 12.2 Å². The molecule has 4 nitrogen and oxygen atoms in total. The second-order valence-electron chi connectivity index (χ2n) is 5.35. The minimum atomic E-state index is -0.0882. The Balaban J connectivity index is 1.67. The van der Waals surface area contributed by atoms with E-state index in [4.69, 9.17) is 12.2 Å². The van der Waals surface area contributed by atoms with E-state index in [9.17, 15) is 4.79 Å². The van der Waals surface area contributed by atoms with Crippen LogP contribution < -0.4 is 5.32 Å². The second-order valence-corrected chi connectivity index (χ2v) is 5.74. The Labute approximate surface area is 139 Å². The molecule has 0 atom stereocenters. The van der Waals surface area contributed by atoms with Crippen molar-refractivity contribution in [2.24, 2.45) is 0 Å². The lowest BCUT2D eigenvalue weighted by Crippen LogP contribution is -2.22. The number of carbonyl (C=O) groups is 1. The summed E-state index contributed by atoms with van der Waals surface area (Å²) in [5.74, 6) is -0.0882. The molecule has 2 aromatic carbocycles. The van der Waals surface area contributed by atoms with E-state index in [0.717, 1.165) is 11.3 Å². The van der Waals surface area contributed by atoms with Crippen molar-refractivity contribution in [2.45, 2.75) is 13.5 Å². The Morgan fingerprint density at radius 2 is 1.83 bits per heavy atom. The van der Waals surface area contributed by atoms with Crippen LogP contribution in [0.15, 0.2) is 60.9 Å². The molecule has 0 fully saturated rings. The highest BCUT2D eigenvalue weighted by Crippen LogP contribution is 2.11. The number of aryl methyl sites for hydroxylation is 1. The average molecular weight is 323 g/mol. The summed E-state index contributed by atoms with van der Waals surface area (Å²) in [7, 11) is 0. The quantitative estimate of drug-likeness (QED) is 0.718. The summed E-state index contributed by atoms with van der Waals surface area (Å²) in [6, 6.07) is 15.5. The molecule has 1 heterocycles. The van der Waals surface area contributed by atoms with Crippen LogP contribution in [-0.2, 0) is 6.54 Å². The highest BCUT2D eigenvalue weighted by Gasteiger charge is 2.06. The van der Waals surface area contributed by atoms with Crippen molar-refractivity contribution < 1.29 is 4.79 Å². The molecule has 116 valence electrons. The highest BCUT2D eigenvalue weighted by atomic mass is 32.1. The molecule has 0 radical (unpaired) electrons. The molecule has 0 spiro atoms. The zero-order valence-electron chi connectivity index (χ0n) is 12.7. The van der Waals surface area contributed by atoms with Crippen LogP contribution in [0.5, 0.6) is 0 Å². The fourth-order valence-corrected chi connectivity index (χ4v) is 2.52. The molecule has 0 saturated carbocycles. The van der Waals surface area contributed by atoms with Crippen LogP contribution in [0.2, 0.25) is 0 Å². The second kappa shape index (κ2) is 6.62. The maximum absolute atomic E-state index is 12.2. The number of aromatic nitrogens is 2. The molecule has 0 unspecified atom stereocenters. The lowest BCUT2D eigenvalue weighted by Gasteiger charge is -2.07. The maximum Gasteiger partial charge on any atom is 0.251 e. The Morgan fingerprint density at radius 1 is 1.13 bits per heavy atom. The van der Waals surface area contributed by atoms with E-state index < -0.39 is 0 Å². The number of nitrogens with one attached hydrogen (secondary N) is 2. The van der Waals surface area contributed by atoms with Crippen LogP contribution in [0.25, 0.3) is 5.69 Å². The summed E-state index contributed by atoms with van der Waals surface area (Å²) in [5.41, 5.74) is 3.84. The van der Waals surface area contributed by atoms with Gasteiger partial charge in [-0.3, -0.25) is 9.36 Å². The van der Waals surface area contributed by atoms with Gasteiger partial charge in [-0.25, -0.2) is 0 Å². The summed E-state index contributed by atoms with van der Waals surface area (Å²) >= 11 is 5.18. The molecule has 0 saturated heterocycles. The third-order valence-corrected chi connectivity index (χ3v) is 3.95. The zero-order chi connectivity index (χ0) is 16.2. The van der Waals surface area contributed by atoms with E-state index in [1.807, 2.05) is 54.1 Å². The predicted molar refractivity (Wildman–Crippen MR) is 93.3 cm³/mol. The minimum Gasteiger partial charge on any atom is -0.348 e. The standard InChI is InChI=1S/C18H17N3OS/c1-13-2-4-14(5-3-13)12-20-17(22)15-6-8-16(9-7-15)21-11-10-19-18(21)23/h2-11H,12H2,1H3,(H,19,23)(H,20,22). The van der Waals surface area contributed by atoms with Gasteiger partial charge in [-0.05, 0) is 49.0 Å². The number of imidazole rings is 1. The monoisotopic (exact) mass is 323 g/mol. The Kier molecular flexibility index (Phi) is 4.39. The first-order chi connectivity index (χ1) is 11.1. The summed E-state index contributed by atoms with van der Waals surface area (Å²) in [5, 5.41) is 2.93. The van der Waals surface area contributed by atoms with Crippen molar-refractivity contribution in [2.75, 3.05) is 0 Å².